The molecule has 1 aliphatic carbocycles. The van der Waals surface area contributed by atoms with Crippen molar-refractivity contribution in [2.45, 2.75) is 38.1 Å². The predicted molar refractivity (Wildman–Crippen MR) is 80.0 cm³/mol. The van der Waals surface area contributed by atoms with Gasteiger partial charge < -0.3 is 15.8 Å². The number of nitrogens with one attached hydrogen (secondary N) is 1. The second-order valence-electron chi connectivity index (χ2n) is 5.57. The monoisotopic (exact) mass is 308 g/mol. The highest BCUT2D eigenvalue weighted by atomic mass is 19.1. The van der Waals surface area contributed by atoms with E-state index in [1.807, 2.05) is 0 Å². The van der Waals surface area contributed by atoms with E-state index in [0.29, 0.717) is 18.6 Å². The molecule has 0 aromatic heterocycles. The lowest BCUT2D eigenvalue weighted by Crippen LogP contribution is -2.45. The number of carbonyl (C=O) groups excluding carboxylic acids is 2. The Morgan fingerprint density at radius 1 is 1.27 bits per heavy atom. The van der Waals surface area contributed by atoms with Gasteiger partial charge in [0.15, 0.2) is 0 Å². The van der Waals surface area contributed by atoms with Gasteiger partial charge in [0.25, 0.3) is 5.91 Å². The van der Waals surface area contributed by atoms with Gasteiger partial charge in [-0.05, 0) is 25.0 Å². The van der Waals surface area contributed by atoms with Crippen molar-refractivity contribution in [3.8, 4) is 5.75 Å². The Morgan fingerprint density at radius 2 is 2.00 bits per heavy atom. The summed E-state index contributed by atoms with van der Waals surface area (Å²) >= 11 is 0. The Morgan fingerprint density at radius 3 is 2.64 bits per heavy atom. The molecule has 1 aromatic rings. The molecule has 1 fully saturated rings. The molecule has 1 saturated carbocycles. The molecule has 0 heterocycles. The molecule has 2 rings (SSSR count). The second-order valence-corrected chi connectivity index (χ2v) is 5.57. The number of methoxy groups -OCH3 is 1. The zero-order valence-electron chi connectivity index (χ0n) is 12.6. The van der Waals surface area contributed by atoms with Crippen LogP contribution in [0.3, 0.4) is 0 Å². The molecule has 6 heteroatoms. The summed E-state index contributed by atoms with van der Waals surface area (Å²) in [6, 6.07) is 3.72. The van der Waals surface area contributed by atoms with Gasteiger partial charge in [0.05, 0.1) is 18.6 Å². The third-order valence-electron chi connectivity index (χ3n) is 4.12. The molecule has 5 nitrogen and oxygen atoms in total. The van der Waals surface area contributed by atoms with Gasteiger partial charge in [-0.3, -0.25) is 9.59 Å². The molecule has 0 spiro atoms. The largest absolute Gasteiger partial charge is 0.497 e. The van der Waals surface area contributed by atoms with Crippen LogP contribution in [0.1, 0.15) is 42.5 Å². The quantitative estimate of drug-likeness (QED) is 0.835. The minimum atomic E-state index is -0.652. The number of hydrogen-bond acceptors (Lipinski definition) is 3. The molecule has 0 bridgehead atoms. The molecular weight excluding hydrogens is 287 g/mol. The van der Waals surface area contributed by atoms with Crippen LogP contribution in [-0.4, -0.2) is 25.0 Å². The van der Waals surface area contributed by atoms with Crippen LogP contribution in [0.5, 0.6) is 5.75 Å². The maximum Gasteiger partial charge on any atom is 0.254 e. The number of carbonyl (C=O) groups is 2. The van der Waals surface area contributed by atoms with Crippen LogP contribution in [0.15, 0.2) is 18.2 Å². The van der Waals surface area contributed by atoms with Gasteiger partial charge in [-0.1, -0.05) is 19.3 Å². The Hall–Kier alpha value is -2.11. The molecule has 1 aromatic carbocycles. The fourth-order valence-corrected chi connectivity index (χ4v) is 2.87. The number of halogens is 1. The third kappa shape index (κ3) is 3.75. The lowest BCUT2D eigenvalue weighted by atomic mass is 9.93. The van der Waals surface area contributed by atoms with Crippen molar-refractivity contribution in [2.24, 2.45) is 11.7 Å². The van der Waals surface area contributed by atoms with Crippen LogP contribution in [0.2, 0.25) is 0 Å². The van der Waals surface area contributed by atoms with E-state index in [0.717, 1.165) is 25.3 Å². The topological polar surface area (TPSA) is 81.4 Å². The smallest absolute Gasteiger partial charge is 0.254 e. The lowest BCUT2D eigenvalue weighted by molar-refractivity contribution is -0.122. The number of primary amides is 1. The van der Waals surface area contributed by atoms with Crippen LogP contribution in [-0.2, 0) is 4.79 Å². The standard InChI is InChI=1S/C16H21FN2O3/c1-22-10-7-8-11(13(17)9-10)16(21)19-14-6-4-2-3-5-12(14)15(18)20/h7-9,12,14H,2-6H2,1H3,(H2,18,20)(H,19,21)/t12-,14-/m0/s1. The zero-order chi connectivity index (χ0) is 16.1. The van der Waals surface area contributed by atoms with Gasteiger partial charge >= 0.3 is 0 Å². The summed E-state index contributed by atoms with van der Waals surface area (Å²) < 4.78 is 18.9. The van der Waals surface area contributed by atoms with Crippen molar-refractivity contribution < 1.29 is 18.7 Å². The van der Waals surface area contributed by atoms with Crippen LogP contribution >= 0.6 is 0 Å². The average Bonchev–Trinajstić information content (AvgIpc) is 2.72. The molecule has 3 N–H and O–H groups in total. The van der Waals surface area contributed by atoms with Crippen molar-refractivity contribution in [2.75, 3.05) is 7.11 Å². The van der Waals surface area contributed by atoms with E-state index in [1.165, 1.54) is 19.2 Å². The highest BCUT2D eigenvalue weighted by molar-refractivity contribution is 5.95. The number of hydrogen-bond donors (Lipinski definition) is 2. The minimum Gasteiger partial charge on any atom is -0.497 e. The fourth-order valence-electron chi connectivity index (χ4n) is 2.87. The summed E-state index contributed by atoms with van der Waals surface area (Å²) in [4.78, 5) is 23.8. The zero-order valence-corrected chi connectivity index (χ0v) is 12.6. The van der Waals surface area contributed by atoms with E-state index in [2.05, 4.69) is 5.32 Å². The molecule has 22 heavy (non-hydrogen) atoms. The summed E-state index contributed by atoms with van der Waals surface area (Å²) in [6.45, 7) is 0. The van der Waals surface area contributed by atoms with Crippen molar-refractivity contribution in [1.82, 2.24) is 5.32 Å². The first-order valence-electron chi connectivity index (χ1n) is 7.46. The van der Waals surface area contributed by atoms with E-state index in [1.54, 1.807) is 0 Å². The lowest BCUT2D eigenvalue weighted by Gasteiger charge is -2.23. The molecular formula is C16H21FN2O3. The van der Waals surface area contributed by atoms with Crippen LogP contribution in [0.4, 0.5) is 4.39 Å². The van der Waals surface area contributed by atoms with Gasteiger partial charge in [-0.25, -0.2) is 4.39 Å². The van der Waals surface area contributed by atoms with E-state index >= 15 is 0 Å². The summed E-state index contributed by atoms with van der Waals surface area (Å²) in [7, 11) is 1.43. The Labute approximate surface area is 129 Å². The maximum absolute atomic E-state index is 13.9. The first-order chi connectivity index (χ1) is 10.5. The number of rotatable bonds is 4. The molecule has 2 atom stereocenters. The van der Waals surface area contributed by atoms with Crippen molar-refractivity contribution in [3.05, 3.63) is 29.6 Å². The van der Waals surface area contributed by atoms with E-state index in [9.17, 15) is 14.0 Å². The second kappa shape index (κ2) is 7.24. The maximum atomic E-state index is 13.9. The Kier molecular flexibility index (Phi) is 5.35. The molecule has 0 radical (unpaired) electrons. The summed E-state index contributed by atoms with van der Waals surface area (Å²) in [6.07, 6.45) is 4.17. The summed E-state index contributed by atoms with van der Waals surface area (Å²) in [5.41, 5.74) is 5.37. The van der Waals surface area contributed by atoms with E-state index < -0.39 is 23.5 Å². The van der Waals surface area contributed by atoms with Gasteiger partial charge in [0.2, 0.25) is 5.91 Å². The molecule has 0 saturated heterocycles. The van der Waals surface area contributed by atoms with Crippen molar-refractivity contribution in [3.63, 3.8) is 0 Å². The van der Waals surface area contributed by atoms with Crippen molar-refractivity contribution >= 4 is 11.8 Å². The Bertz CT molecular complexity index is 562. The van der Waals surface area contributed by atoms with Gasteiger partial charge in [-0.15, -0.1) is 0 Å². The SMILES string of the molecule is COc1ccc(C(=O)N[C@H]2CCCCC[C@@H]2C(N)=O)c(F)c1. The summed E-state index contributed by atoms with van der Waals surface area (Å²) in [5.74, 6) is -1.65. The van der Waals surface area contributed by atoms with E-state index in [-0.39, 0.29) is 11.6 Å². The number of benzene rings is 1. The molecule has 120 valence electrons. The van der Waals surface area contributed by atoms with Gasteiger partial charge in [0, 0.05) is 12.1 Å². The summed E-state index contributed by atoms with van der Waals surface area (Å²) in [5, 5.41) is 2.76. The number of amides is 2. The highest BCUT2D eigenvalue weighted by Gasteiger charge is 2.30. The van der Waals surface area contributed by atoms with Crippen LogP contribution in [0, 0.1) is 11.7 Å². The molecule has 2 amide bonds. The van der Waals surface area contributed by atoms with Crippen molar-refractivity contribution in [1.29, 1.82) is 0 Å². The average molecular weight is 308 g/mol. The van der Waals surface area contributed by atoms with Crippen LogP contribution in [0.25, 0.3) is 0 Å². The Balaban J connectivity index is 2.13. The first kappa shape index (κ1) is 16.3. The van der Waals surface area contributed by atoms with E-state index in [4.69, 9.17) is 10.5 Å². The normalized spacial score (nSPS) is 21.7. The predicted octanol–water partition coefficient (Wildman–Crippen LogP) is 2.00. The van der Waals surface area contributed by atoms with Crippen LogP contribution < -0.4 is 15.8 Å². The molecule has 1 aliphatic rings. The fraction of sp³-hybridized carbons (Fsp3) is 0.500. The molecule has 0 aliphatic heterocycles. The third-order valence-corrected chi connectivity index (χ3v) is 4.12. The number of nitrogens with two attached hydrogens (primary N) is 1. The molecule has 0 unspecified atom stereocenters. The minimum absolute atomic E-state index is 0.0618. The van der Waals surface area contributed by atoms with Gasteiger partial charge in [0.1, 0.15) is 11.6 Å². The van der Waals surface area contributed by atoms with Gasteiger partial charge in [-0.2, -0.15) is 0 Å². The first-order valence-corrected chi connectivity index (χ1v) is 7.46. The highest BCUT2D eigenvalue weighted by Crippen LogP contribution is 2.24. The number of ether oxygens (including phenoxy) is 1.